The summed E-state index contributed by atoms with van der Waals surface area (Å²) >= 11 is 5.61. The molecule has 0 bridgehead atoms. The Labute approximate surface area is 114 Å². The number of Topliss-reactive ketones (excluding diaryl/α,β-unsaturated/α-hetero) is 1. The fourth-order valence-electron chi connectivity index (χ4n) is 1.83. The third-order valence-corrected chi connectivity index (χ3v) is 3.30. The number of ether oxygens (including phenoxy) is 1. The maximum Gasteiger partial charge on any atom is 0.163 e. The summed E-state index contributed by atoms with van der Waals surface area (Å²) in [5, 5.41) is 0. The Balaban J connectivity index is 2.89. The average molecular weight is 269 g/mol. The molecule has 0 aromatic heterocycles. The third-order valence-electron chi connectivity index (χ3n) is 3.04. The summed E-state index contributed by atoms with van der Waals surface area (Å²) in [4.78, 5) is 12.0. The number of alkyl halides is 1. The molecule has 0 saturated heterocycles. The van der Waals surface area contributed by atoms with Gasteiger partial charge in [0.1, 0.15) is 5.75 Å². The lowest BCUT2D eigenvalue weighted by atomic mass is 9.97. The van der Waals surface area contributed by atoms with Gasteiger partial charge in [-0.25, -0.2) is 0 Å². The molecule has 18 heavy (non-hydrogen) atoms. The smallest absolute Gasteiger partial charge is 0.163 e. The van der Waals surface area contributed by atoms with Crippen molar-refractivity contribution >= 4 is 17.4 Å². The van der Waals surface area contributed by atoms with Gasteiger partial charge in [-0.2, -0.15) is 0 Å². The van der Waals surface area contributed by atoms with Crippen LogP contribution >= 0.6 is 11.6 Å². The maximum absolute atomic E-state index is 12.0. The molecule has 3 heteroatoms. The van der Waals surface area contributed by atoms with Crippen LogP contribution in [-0.4, -0.2) is 18.3 Å². The third kappa shape index (κ3) is 3.74. The van der Waals surface area contributed by atoms with Gasteiger partial charge in [-0.15, -0.1) is 11.6 Å². The molecule has 100 valence electrons. The molecule has 2 nitrogen and oxygen atoms in total. The summed E-state index contributed by atoms with van der Waals surface area (Å²) in [5.74, 6) is 1.57. The number of carbonyl (C=O) groups excluding carboxylic acids is 1. The van der Waals surface area contributed by atoms with Crippen LogP contribution < -0.4 is 4.74 Å². The van der Waals surface area contributed by atoms with Crippen LogP contribution in [0.15, 0.2) is 12.1 Å². The number of rotatable bonds is 7. The zero-order valence-corrected chi connectivity index (χ0v) is 12.1. The van der Waals surface area contributed by atoms with Crippen LogP contribution in [0.25, 0.3) is 0 Å². The molecule has 0 aliphatic rings. The van der Waals surface area contributed by atoms with Gasteiger partial charge in [-0.1, -0.05) is 6.92 Å². The zero-order valence-electron chi connectivity index (χ0n) is 11.4. The molecule has 0 aliphatic carbocycles. The topological polar surface area (TPSA) is 26.3 Å². The highest BCUT2D eigenvalue weighted by atomic mass is 35.5. The normalized spacial score (nSPS) is 10.4. The van der Waals surface area contributed by atoms with Crippen molar-refractivity contribution in [1.82, 2.24) is 0 Å². The van der Waals surface area contributed by atoms with E-state index >= 15 is 0 Å². The van der Waals surface area contributed by atoms with Crippen molar-refractivity contribution in [3.05, 3.63) is 28.8 Å². The van der Waals surface area contributed by atoms with Crippen molar-refractivity contribution in [2.75, 3.05) is 12.5 Å². The van der Waals surface area contributed by atoms with E-state index in [-0.39, 0.29) is 5.78 Å². The number of halogens is 1. The molecule has 0 amide bonds. The zero-order chi connectivity index (χ0) is 13.5. The van der Waals surface area contributed by atoms with Crippen molar-refractivity contribution in [2.45, 2.75) is 40.0 Å². The molecule has 1 aromatic rings. The Kier molecular flexibility index (Phi) is 6.20. The van der Waals surface area contributed by atoms with Gasteiger partial charge < -0.3 is 4.74 Å². The van der Waals surface area contributed by atoms with Crippen molar-refractivity contribution in [3.63, 3.8) is 0 Å². The number of ketones is 1. The van der Waals surface area contributed by atoms with Crippen LogP contribution in [0.2, 0.25) is 0 Å². The summed E-state index contributed by atoms with van der Waals surface area (Å²) < 4.78 is 5.65. The first-order valence-corrected chi connectivity index (χ1v) is 6.97. The maximum atomic E-state index is 12.0. The summed E-state index contributed by atoms with van der Waals surface area (Å²) in [7, 11) is 0. The van der Waals surface area contributed by atoms with Gasteiger partial charge in [0, 0.05) is 17.9 Å². The Hall–Kier alpha value is -1.02. The number of hydrogen-bond donors (Lipinski definition) is 0. The van der Waals surface area contributed by atoms with Crippen LogP contribution in [0.1, 0.15) is 47.7 Å². The minimum absolute atomic E-state index is 0.165. The molecule has 0 N–H and O–H groups in total. The predicted molar refractivity (Wildman–Crippen MR) is 76.0 cm³/mol. The number of benzene rings is 1. The second-order valence-corrected chi connectivity index (χ2v) is 4.80. The SMILES string of the molecule is CCCOc1ccc(C(=O)CCCCl)c(C)c1C. The van der Waals surface area contributed by atoms with Crippen LogP contribution in [0.4, 0.5) is 0 Å². The highest BCUT2D eigenvalue weighted by Gasteiger charge is 2.13. The van der Waals surface area contributed by atoms with Crippen molar-refractivity contribution in [3.8, 4) is 5.75 Å². The first-order chi connectivity index (χ1) is 8.61. The minimum Gasteiger partial charge on any atom is -0.493 e. The second-order valence-electron chi connectivity index (χ2n) is 4.43. The number of hydrogen-bond acceptors (Lipinski definition) is 2. The van der Waals surface area contributed by atoms with Crippen LogP contribution in [0.5, 0.6) is 5.75 Å². The van der Waals surface area contributed by atoms with Gasteiger partial charge in [-0.05, 0) is 49.9 Å². The largest absolute Gasteiger partial charge is 0.493 e. The monoisotopic (exact) mass is 268 g/mol. The second kappa shape index (κ2) is 7.42. The summed E-state index contributed by atoms with van der Waals surface area (Å²) in [6.45, 7) is 6.76. The van der Waals surface area contributed by atoms with Gasteiger partial charge >= 0.3 is 0 Å². The fourth-order valence-corrected chi connectivity index (χ4v) is 1.96. The highest BCUT2D eigenvalue weighted by Crippen LogP contribution is 2.25. The summed E-state index contributed by atoms with van der Waals surface area (Å²) in [6, 6.07) is 3.76. The Morgan fingerprint density at radius 3 is 2.61 bits per heavy atom. The van der Waals surface area contributed by atoms with E-state index in [1.165, 1.54) is 0 Å². The standard InChI is InChI=1S/C15H21ClO2/c1-4-10-18-15-8-7-13(11(2)12(15)3)14(17)6-5-9-16/h7-8H,4-6,9-10H2,1-3H3. The van der Waals surface area contributed by atoms with E-state index in [1.54, 1.807) is 0 Å². The van der Waals surface area contributed by atoms with Crippen LogP contribution in [0, 0.1) is 13.8 Å². The van der Waals surface area contributed by atoms with Gasteiger partial charge in [0.15, 0.2) is 5.78 Å². The molecule has 0 saturated carbocycles. The van der Waals surface area contributed by atoms with Crippen LogP contribution in [0.3, 0.4) is 0 Å². The number of carbonyl (C=O) groups is 1. The van der Waals surface area contributed by atoms with E-state index < -0.39 is 0 Å². The van der Waals surface area contributed by atoms with E-state index in [4.69, 9.17) is 16.3 Å². The van der Waals surface area contributed by atoms with Gasteiger partial charge in [0.05, 0.1) is 6.61 Å². The lowest BCUT2D eigenvalue weighted by Crippen LogP contribution is -2.05. The van der Waals surface area contributed by atoms with E-state index in [2.05, 4.69) is 6.92 Å². The molecule has 0 spiro atoms. The quantitative estimate of drug-likeness (QED) is 0.545. The molecule has 1 rings (SSSR count). The van der Waals surface area contributed by atoms with Crippen molar-refractivity contribution in [2.24, 2.45) is 0 Å². The van der Waals surface area contributed by atoms with E-state index in [0.717, 1.165) is 35.3 Å². The molecule has 0 aliphatic heterocycles. The van der Waals surface area contributed by atoms with E-state index in [1.807, 2.05) is 26.0 Å². The van der Waals surface area contributed by atoms with E-state index in [9.17, 15) is 4.79 Å². The first kappa shape index (κ1) is 15.0. The highest BCUT2D eigenvalue weighted by molar-refractivity contribution is 6.18. The lowest BCUT2D eigenvalue weighted by Gasteiger charge is -2.13. The Morgan fingerprint density at radius 2 is 2.00 bits per heavy atom. The Bertz CT molecular complexity index is 413. The Morgan fingerprint density at radius 1 is 1.28 bits per heavy atom. The molecular formula is C15H21ClO2. The predicted octanol–water partition coefficient (Wildman–Crippen LogP) is 4.29. The molecular weight excluding hydrogens is 248 g/mol. The molecule has 0 radical (unpaired) electrons. The van der Waals surface area contributed by atoms with Gasteiger partial charge in [0.2, 0.25) is 0 Å². The molecule has 1 aromatic carbocycles. The fraction of sp³-hybridized carbons (Fsp3) is 0.533. The van der Waals surface area contributed by atoms with Gasteiger partial charge in [0.25, 0.3) is 0 Å². The average Bonchev–Trinajstić information content (AvgIpc) is 2.37. The lowest BCUT2D eigenvalue weighted by molar-refractivity contribution is 0.0981. The van der Waals surface area contributed by atoms with Crippen molar-refractivity contribution in [1.29, 1.82) is 0 Å². The van der Waals surface area contributed by atoms with Crippen molar-refractivity contribution < 1.29 is 9.53 Å². The molecule has 0 atom stereocenters. The van der Waals surface area contributed by atoms with Crippen LogP contribution in [-0.2, 0) is 0 Å². The summed E-state index contributed by atoms with van der Waals surface area (Å²) in [6.07, 6.45) is 2.22. The van der Waals surface area contributed by atoms with Gasteiger partial charge in [-0.3, -0.25) is 4.79 Å². The molecule has 0 heterocycles. The first-order valence-electron chi connectivity index (χ1n) is 6.44. The summed E-state index contributed by atoms with van der Waals surface area (Å²) in [5.41, 5.74) is 2.87. The van der Waals surface area contributed by atoms with E-state index in [0.29, 0.717) is 18.9 Å². The molecule has 0 unspecified atom stereocenters. The molecule has 0 fully saturated rings. The minimum atomic E-state index is 0.165.